The average Bonchev–Trinajstić information content (AvgIpc) is 3.05. The smallest absolute Gasteiger partial charge is 0.263 e. The number of hydrogen-bond donors (Lipinski definition) is 2. The molecule has 19 heavy (non-hydrogen) atoms. The highest BCUT2D eigenvalue weighted by atomic mass is 32.1. The summed E-state index contributed by atoms with van der Waals surface area (Å²) in [6.07, 6.45) is 1.57. The van der Waals surface area contributed by atoms with Gasteiger partial charge in [-0.3, -0.25) is 4.79 Å². The Hall–Kier alpha value is -1.99. The molecule has 7 heteroatoms. The largest absolute Gasteiger partial charge is 0.397 e. The highest BCUT2D eigenvalue weighted by Gasteiger charge is 2.16. The lowest BCUT2D eigenvalue weighted by Crippen LogP contribution is -2.22. The fourth-order valence-electron chi connectivity index (χ4n) is 1.70. The van der Waals surface area contributed by atoms with E-state index in [2.05, 4.69) is 15.5 Å². The molecule has 3 aromatic rings. The van der Waals surface area contributed by atoms with Gasteiger partial charge in [0.25, 0.3) is 5.91 Å². The minimum atomic E-state index is -0.172. The molecule has 0 aliphatic carbocycles. The van der Waals surface area contributed by atoms with E-state index in [1.54, 1.807) is 23.6 Å². The molecular formula is C12H10N4OS2. The van der Waals surface area contributed by atoms with Crippen LogP contribution < -0.4 is 11.1 Å². The van der Waals surface area contributed by atoms with Crippen LogP contribution in [0.3, 0.4) is 0 Å². The first-order valence-corrected chi connectivity index (χ1v) is 7.25. The summed E-state index contributed by atoms with van der Waals surface area (Å²) in [4.78, 5) is 14.4. The fraction of sp³-hybridized carbons (Fsp3) is 0.0833. The molecule has 0 bridgehead atoms. The van der Waals surface area contributed by atoms with Crippen molar-refractivity contribution < 1.29 is 4.79 Å². The third kappa shape index (κ3) is 2.29. The number of hydrogen-bond acceptors (Lipinski definition) is 6. The average molecular weight is 290 g/mol. The van der Waals surface area contributed by atoms with Gasteiger partial charge in [0, 0.05) is 10.3 Å². The molecule has 0 aliphatic rings. The molecule has 0 saturated carbocycles. The van der Waals surface area contributed by atoms with E-state index in [-0.39, 0.29) is 5.91 Å². The topological polar surface area (TPSA) is 80.9 Å². The Bertz CT molecular complexity index is 720. The molecule has 0 aromatic carbocycles. The molecule has 0 radical (unpaired) electrons. The van der Waals surface area contributed by atoms with E-state index in [9.17, 15) is 4.79 Å². The standard InChI is InChI=1S/C12H10N4OS2/c13-9-8-3-4-15-16-12(8)19-10(9)11(17)14-6-7-2-1-5-18-7/h1-5H,6,13H2,(H,14,17). The van der Waals surface area contributed by atoms with Gasteiger partial charge in [0.15, 0.2) is 0 Å². The first kappa shape index (κ1) is 12.1. The minimum absolute atomic E-state index is 0.172. The normalized spacial score (nSPS) is 10.7. The van der Waals surface area contributed by atoms with Crippen molar-refractivity contribution in [2.24, 2.45) is 0 Å². The number of nitrogen functional groups attached to an aromatic ring is 1. The molecule has 3 N–H and O–H groups in total. The van der Waals surface area contributed by atoms with Crippen LogP contribution in [-0.4, -0.2) is 16.1 Å². The lowest BCUT2D eigenvalue weighted by molar-refractivity contribution is 0.0956. The Balaban J connectivity index is 1.83. The van der Waals surface area contributed by atoms with Crippen LogP contribution in [-0.2, 0) is 6.54 Å². The molecule has 3 heterocycles. The van der Waals surface area contributed by atoms with Gasteiger partial charge in [0.1, 0.15) is 9.71 Å². The van der Waals surface area contributed by atoms with E-state index in [4.69, 9.17) is 5.73 Å². The van der Waals surface area contributed by atoms with Gasteiger partial charge in [-0.2, -0.15) is 5.10 Å². The first-order chi connectivity index (χ1) is 9.25. The summed E-state index contributed by atoms with van der Waals surface area (Å²) in [5.74, 6) is -0.172. The summed E-state index contributed by atoms with van der Waals surface area (Å²) in [5.41, 5.74) is 6.44. The highest BCUT2D eigenvalue weighted by Crippen LogP contribution is 2.31. The predicted octanol–water partition coefficient (Wildman–Crippen LogP) is 2.27. The lowest BCUT2D eigenvalue weighted by atomic mass is 10.3. The molecule has 0 aliphatic heterocycles. The number of thiophene rings is 2. The van der Waals surface area contributed by atoms with E-state index in [1.807, 2.05) is 17.5 Å². The molecule has 0 unspecified atom stereocenters. The van der Waals surface area contributed by atoms with Gasteiger partial charge < -0.3 is 11.1 Å². The Kier molecular flexibility index (Phi) is 3.14. The maximum Gasteiger partial charge on any atom is 0.263 e. The fourth-order valence-corrected chi connectivity index (χ4v) is 3.30. The minimum Gasteiger partial charge on any atom is -0.397 e. The molecule has 3 rings (SSSR count). The molecule has 1 amide bonds. The van der Waals surface area contributed by atoms with Crippen molar-refractivity contribution >= 4 is 44.5 Å². The number of anilines is 1. The number of rotatable bonds is 3. The number of amides is 1. The zero-order valence-corrected chi connectivity index (χ0v) is 11.4. The summed E-state index contributed by atoms with van der Waals surface area (Å²) in [6.45, 7) is 0.510. The van der Waals surface area contributed by atoms with E-state index in [0.717, 1.165) is 10.3 Å². The lowest BCUT2D eigenvalue weighted by Gasteiger charge is -2.02. The van der Waals surface area contributed by atoms with Crippen molar-refractivity contribution in [3.8, 4) is 0 Å². The Morgan fingerprint density at radius 2 is 2.32 bits per heavy atom. The third-order valence-electron chi connectivity index (χ3n) is 2.63. The van der Waals surface area contributed by atoms with Crippen molar-refractivity contribution in [1.82, 2.24) is 15.5 Å². The van der Waals surface area contributed by atoms with Gasteiger partial charge in [-0.25, -0.2) is 0 Å². The second kappa shape index (κ2) is 4.94. The number of nitrogens with zero attached hydrogens (tertiary/aromatic N) is 2. The van der Waals surface area contributed by atoms with Crippen LogP contribution in [0.15, 0.2) is 29.8 Å². The summed E-state index contributed by atoms with van der Waals surface area (Å²) in [5, 5.41) is 13.4. The quantitative estimate of drug-likeness (QED) is 0.775. The van der Waals surface area contributed by atoms with Gasteiger partial charge >= 0.3 is 0 Å². The number of carbonyl (C=O) groups excluding carboxylic acids is 1. The van der Waals surface area contributed by atoms with Crippen LogP contribution in [0.4, 0.5) is 5.69 Å². The molecule has 0 atom stereocenters. The Morgan fingerprint density at radius 3 is 3.05 bits per heavy atom. The van der Waals surface area contributed by atoms with Crippen molar-refractivity contribution in [1.29, 1.82) is 0 Å². The Labute approximate surface area is 117 Å². The number of nitrogens with one attached hydrogen (secondary N) is 1. The molecule has 3 aromatic heterocycles. The van der Waals surface area contributed by atoms with Gasteiger partial charge in [-0.05, 0) is 17.5 Å². The summed E-state index contributed by atoms with van der Waals surface area (Å²) in [6, 6.07) is 5.70. The Morgan fingerprint density at radius 1 is 1.42 bits per heavy atom. The van der Waals surface area contributed by atoms with Gasteiger partial charge in [0.2, 0.25) is 0 Å². The van der Waals surface area contributed by atoms with Crippen LogP contribution in [0, 0.1) is 0 Å². The summed E-state index contributed by atoms with van der Waals surface area (Å²) < 4.78 is 0. The van der Waals surface area contributed by atoms with Crippen molar-refractivity contribution in [3.05, 3.63) is 39.5 Å². The highest BCUT2D eigenvalue weighted by molar-refractivity contribution is 7.21. The van der Waals surface area contributed by atoms with Crippen molar-refractivity contribution in [2.75, 3.05) is 5.73 Å². The molecule has 0 spiro atoms. The van der Waals surface area contributed by atoms with Gasteiger partial charge in [-0.1, -0.05) is 6.07 Å². The van der Waals surface area contributed by atoms with Gasteiger partial charge in [-0.15, -0.1) is 27.8 Å². The third-order valence-corrected chi connectivity index (χ3v) is 4.61. The van der Waals surface area contributed by atoms with Crippen molar-refractivity contribution in [2.45, 2.75) is 6.54 Å². The molecular weight excluding hydrogens is 280 g/mol. The van der Waals surface area contributed by atoms with Crippen LogP contribution >= 0.6 is 22.7 Å². The maximum atomic E-state index is 12.1. The second-order valence-electron chi connectivity index (χ2n) is 3.86. The van der Waals surface area contributed by atoms with Crippen LogP contribution in [0.1, 0.15) is 14.5 Å². The summed E-state index contributed by atoms with van der Waals surface area (Å²) in [7, 11) is 0. The molecule has 5 nitrogen and oxygen atoms in total. The van der Waals surface area contributed by atoms with Crippen molar-refractivity contribution in [3.63, 3.8) is 0 Å². The zero-order chi connectivity index (χ0) is 13.2. The summed E-state index contributed by atoms with van der Waals surface area (Å²) >= 11 is 2.87. The molecule has 96 valence electrons. The SMILES string of the molecule is Nc1c(C(=O)NCc2cccs2)sc2nnccc12. The number of carbonyl (C=O) groups is 1. The van der Waals surface area contributed by atoms with E-state index in [0.29, 0.717) is 21.9 Å². The van der Waals surface area contributed by atoms with Gasteiger partial charge in [0.05, 0.1) is 18.4 Å². The monoisotopic (exact) mass is 290 g/mol. The van der Waals surface area contributed by atoms with Crippen LogP contribution in [0.5, 0.6) is 0 Å². The molecule has 0 fully saturated rings. The van der Waals surface area contributed by atoms with Crippen LogP contribution in [0.2, 0.25) is 0 Å². The number of fused-ring (bicyclic) bond motifs is 1. The number of nitrogens with two attached hydrogens (primary N) is 1. The number of aromatic nitrogens is 2. The molecule has 0 saturated heterocycles. The maximum absolute atomic E-state index is 12.1. The van der Waals surface area contributed by atoms with E-state index < -0.39 is 0 Å². The first-order valence-electron chi connectivity index (χ1n) is 5.56. The predicted molar refractivity (Wildman–Crippen MR) is 77.3 cm³/mol. The second-order valence-corrected chi connectivity index (χ2v) is 5.89. The van der Waals surface area contributed by atoms with E-state index >= 15 is 0 Å². The van der Waals surface area contributed by atoms with E-state index in [1.165, 1.54) is 11.3 Å². The van der Waals surface area contributed by atoms with Crippen LogP contribution in [0.25, 0.3) is 10.2 Å². The zero-order valence-electron chi connectivity index (χ0n) is 9.79.